The Bertz CT molecular complexity index is 696. The van der Waals surface area contributed by atoms with Gasteiger partial charge in [0.1, 0.15) is 0 Å². The summed E-state index contributed by atoms with van der Waals surface area (Å²) in [5.41, 5.74) is 3.38. The standard InChI is InChI=1S/C19H20N2O/c1-14(2)21(13-17-10-8-16(12-20)9-11-17)19(22)18-7-5-4-6-15(18)3/h4-11,14H,13H2,1-3H3. The minimum atomic E-state index is 0.0393. The maximum absolute atomic E-state index is 12.8. The Balaban J connectivity index is 2.25. The molecule has 0 aliphatic rings. The van der Waals surface area contributed by atoms with Gasteiger partial charge < -0.3 is 4.90 Å². The summed E-state index contributed by atoms with van der Waals surface area (Å²) in [6.45, 7) is 6.52. The van der Waals surface area contributed by atoms with Gasteiger partial charge in [0.2, 0.25) is 0 Å². The first-order chi connectivity index (χ1) is 10.5. The zero-order valence-corrected chi connectivity index (χ0v) is 13.2. The van der Waals surface area contributed by atoms with E-state index in [1.807, 2.05) is 62.1 Å². The van der Waals surface area contributed by atoms with Crippen LogP contribution in [0.2, 0.25) is 0 Å². The Morgan fingerprint density at radius 1 is 1.14 bits per heavy atom. The lowest BCUT2D eigenvalue weighted by atomic mass is 10.1. The Hall–Kier alpha value is -2.60. The molecule has 2 rings (SSSR count). The van der Waals surface area contributed by atoms with Crippen molar-refractivity contribution in [2.75, 3.05) is 0 Å². The monoisotopic (exact) mass is 292 g/mol. The lowest BCUT2D eigenvalue weighted by Crippen LogP contribution is -2.36. The number of hydrogen-bond acceptors (Lipinski definition) is 2. The molecule has 22 heavy (non-hydrogen) atoms. The van der Waals surface area contributed by atoms with E-state index in [-0.39, 0.29) is 11.9 Å². The summed E-state index contributed by atoms with van der Waals surface area (Å²) in [4.78, 5) is 14.7. The van der Waals surface area contributed by atoms with Crippen LogP contribution in [0.5, 0.6) is 0 Å². The second-order valence-corrected chi connectivity index (χ2v) is 5.65. The second-order valence-electron chi connectivity index (χ2n) is 5.65. The molecule has 0 heterocycles. The number of aryl methyl sites for hydroxylation is 1. The third-order valence-electron chi connectivity index (χ3n) is 3.70. The van der Waals surface area contributed by atoms with Crippen molar-refractivity contribution >= 4 is 5.91 Å². The Morgan fingerprint density at radius 2 is 1.77 bits per heavy atom. The zero-order chi connectivity index (χ0) is 16.1. The van der Waals surface area contributed by atoms with Gasteiger partial charge in [-0.1, -0.05) is 30.3 Å². The van der Waals surface area contributed by atoms with E-state index >= 15 is 0 Å². The average molecular weight is 292 g/mol. The fourth-order valence-electron chi connectivity index (χ4n) is 2.34. The van der Waals surface area contributed by atoms with Gasteiger partial charge in [0.15, 0.2) is 0 Å². The average Bonchev–Trinajstić information content (AvgIpc) is 2.52. The van der Waals surface area contributed by atoms with Gasteiger partial charge in [0.25, 0.3) is 5.91 Å². The first-order valence-corrected chi connectivity index (χ1v) is 7.38. The fraction of sp³-hybridized carbons (Fsp3) is 0.263. The smallest absolute Gasteiger partial charge is 0.254 e. The van der Waals surface area contributed by atoms with Crippen LogP contribution >= 0.6 is 0 Å². The predicted octanol–water partition coefficient (Wildman–Crippen LogP) is 3.92. The highest BCUT2D eigenvalue weighted by molar-refractivity contribution is 5.95. The first kappa shape index (κ1) is 15.8. The summed E-state index contributed by atoms with van der Waals surface area (Å²) >= 11 is 0. The van der Waals surface area contributed by atoms with Crippen molar-refractivity contribution in [2.45, 2.75) is 33.4 Å². The van der Waals surface area contributed by atoms with Crippen molar-refractivity contribution in [3.63, 3.8) is 0 Å². The molecule has 0 saturated heterocycles. The molecule has 0 fully saturated rings. The van der Waals surface area contributed by atoms with E-state index in [0.717, 1.165) is 16.7 Å². The highest BCUT2D eigenvalue weighted by Crippen LogP contribution is 2.16. The molecule has 2 aromatic carbocycles. The molecule has 0 N–H and O–H groups in total. The molecule has 1 amide bonds. The van der Waals surface area contributed by atoms with Crippen LogP contribution in [0.1, 0.15) is 40.9 Å². The second kappa shape index (κ2) is 6.91. The van der Waals surface area contributed by atoms with Crippen molar-refractivity contribution in [1.29, 1.82) is 5.26 Å². The lowest BCUT2D eigenvalue weighted by Gasteiger charge is -2.27. The first-order valence-electron chi connectivity index (χ1n) is 7.38. The van der Waals surface area contributed by atoms with E-state index in [2.05, 4.69) is 6.07 Å². The highest BCUT2D eigenvalue weighted by Gasteiger charge is 2.20. The molecule has 0 radical (unpaired) electrons. The molecule has 0 aromatic heterocycles. The van der Waals surface area contributed by atoms with Crippen LogP contribution < -0.4 is 0 Å². The molecular formula is C19H20N2O. The summed E-state index contributed by atoms with van der Waals surface area (Å²) in [5.74, 6) is 0.0393. The van der Waals surface area contributed by atoms with E-state index < -0.39 is 0 Å². The number of nitrogens with zero attached hydrogens (tertiary/aromatic N) is 2. The quantitative estimate of drug-likeness (QED) is 0.857. The van der Waals surface area contributed by atoms with Crippen molar-refractivity contribution in [2.24, 2.45) is 0 Å². The molecule has 2 aromatic rings. The van der Waals surface area contributed by atoms with Crippen LogP contribution in [0.4, 0.5) is 0 Å². The summed E-state index contributed by atoms with van der Waals surface area (Å²) in [7, 11) is 0. The Labute approximate surface area is 131 Å². The number of amides is 1. The van der Waals surface area contributed by atoms with Crippen molar-refractivity contribution < 1.29 is 4.79 Å². The van der Waals surface area contributed by atoms with Crippen LogP contribution in [0.15, 0.2) is 48.5 Å². The molecule has 3 heteroatoms. The van der Waals surface area contributed by atoms with Crippen LogP contribution in [-0.2, 0) is 6.54 Å². The van der Waals surface area contributed by atoms with E-state index in [1.165, 1.54) is 0 Å². The fourth-order valence-corrected chi connectivity index (χ4v) is 2.34. The number of benzene rings is 2. The van der Waals surface area contributed by atoms with Gasteiger partial charge >= 0.3 is 0 Å². The number of carbonyl (C=O) groups is 1. The van der Waals surface area contributed by atoms with E-state index in [4.69, 9.17) is 5.26 Å². The van der Waals surface area contributed by atoms with Crippen molar-refractivity contribution in [1.82, 2.24) is 4.90 Å². The number of hydrogen-bond donors (Lipinski definition) is 0. The minimum Gasteiger partial charge on any atom is -0.332 e. The molecule has 0 spiro atoms. The molecule has 0 aliphatic carbocycles. The van der Waals surface area contributed by atoms with Gasteiger partial charge in [-0.15, -0.1) is 0 Å². The van der Waals surface area contributed by atoms with Crippen LogP contribution in [0.3, 0.4) is 0 Å². The third-order valence-corrected chi connectivity index (χ3v) is 3.70. The number of nitriles is 1. The number of carbonyl (C=O) groups excluding carboxylic acids is 1. The third kappa shape index (κ3) is 3.53. The van der Waals surface area contributed by atoms with E-state index in [1.54, 1.807) is 12.1 Å². The summed E-state index contributed by atoms with van der Waals surface area (Å²) in [5, 5.41) is 8.85. The number of rotatable bonds is 4. The topological polar surface area (TPSA) is 44.1 Å². The minimum absolute atomic E-state index is 0.0393. The largest absolute Gasteiger partial charge is 0.332 e. The molecule has 3 nitrogen and oxygen atoms in total. The molecule has 0 unspecified atom stereocenters. The molecule has 0 atom stereocenters. The van der Waals surface area contributed by atoms with Gasteiger partial charge in [-0.25, -0.2) is 0 Å². The van der Waals surface area contributed by atoms with Crippen molar-refractivity contribution in [3.8, 4) is 6.07 Å². The molecule has 0 bridgehead atoms. The van der Waals surface area contributed by atoms with Gasteiger partial charge in [0, 0.05) is 18.2 Å². The molecule has 0 aliphatic heterocycles. The Kier molecular flexibility index (Phi) is 4.95. The van der Waals surface area contributed by atoms with Gasteiger partial charge in [-0.3, -0.25) is 4.79 Å². The Morgan fingerprint density at radius 3 is 2.32 bits per heavy atom. The van der Waals surface area contributed by atoms with E-state index in [0.29, 0.717) is 12.1 Å². The lowest BCUT2D eigenvalue weighted by molar-refractivity contribution is 0.0689. The van der Waals surface area contributed by atoms with E-state index in [9.17, 15) is 4.79 Å². The zero-order valence-electron chi connectivity index (χ0n) is 13.2. The van der Waals surface area contributed by atoms with Gasteiger partial charge in [-0.05, 0) is 50.1 Å². The SMILES string of the molecule is Cc1ccccc1C(=O)N(Cc1ccc(C#N)cc1)C(C)C. The normalized spacial score (nSPS) is 10.3. The van der Waals surface area contributed by atoms with Gasteiger partial charge in [0.05, 0.1) is 11.6 Å². The summed E-state index contributed by atoms with van der Waals surface area (Å²) in [6.07, 6.45) is 0. The van der Waals surface area contributed by atoms with Crippen LogP contribution in [-0.4, -0.2) is 16.8 Å². The molecule has 112 valence electrons. The highest BCUT2D eigenvalue weighted by atomic mass is 16.2. The summed E-state index contributed by atoms with van der Waals surface area (Å²) < 4.78 is 0. The van der Waals surface area contributed by atoms with Crippen LogP contribution in [0, 0.1) is 18.3 Å². The molecule has 0 saturated carbocycles. The van der Waals surface area contributed by atoms with Gasteiger partial charge in [-0.2, -0.15) is 5.26 Å². The maximum atomic E-state index is 12.8. The molecular weight excluding hydrogens is 272 g/mol. The van der Waals surface area contributed by atoms with Crippen LogP contribution in [0.25, 0.3) is 0 Å². The summed E-state index contributed by atoms with van der Waals surface area (Å²) in [6, 6.07) is 17.2. The predicted molar refractivity (Wildman–Crippen MR) is 87.3 cm³/mol. The maximum Gasteiger partial charge on any atom is 0.254 e. The van der Waals surface area contributed by atoms with Crippen molar-refractivity contribution in [3.05, 3.63) is 70.8 Å².